The molecule has 0 aliphatic carbocycles. The van der Waals surface area contributed by atoms with Crippen LogP contribution in [-0.2, 0) is 0 Å². The molecule has 3 aliphatic rings. The molecule has 0 radical (unpaired) electrons. The highest BCUT2D eigenvalue weighted by molar-refractivity contribution is 6.03. The number of carbonyl (C=O) groups is 3. The number of nitrogens with zero attached hydrogens (tertiary/aromatic N) is 2. The number of nitrogens with one attached hydrogen (secondary N) is 4. The SMILES string of the molecule is CCNC(=O)Nc1ccccc1NC(=O)Nc1ccc(-c2ccc(C(=O)N3CCN4CCC3CC4)o2)cc1. The van der Waals surface area contributed by atoms with Crippen molar-refractivity contribution in [3.05, 3.63) is 66.4 Å². The van der Waals surface area contributed by atoms with Crippen LogP contribution in [0, 0.1) is 0 Å². The van der Waals surface area contributed by atoms with E-state index in [4.69, 9.17) is 4.42 Å². The van der Waals surface area contributed by atoms with Crippen molar-refractivity contribution >= 4 is 35.0 Å². The Labute approximate surface area is 221 Å². The minimum absolute atomic E-state index is 0.0538. The first kappa shape index (κ1) is 25.3. The third kappa shape index (κ3) is 5.81. The van der Waals surface area contributed by atoms with Crippen molar-refractivity contribution in [2.24, 2.45) is 0 Å². The molecule has 10 nitrogen and oxygen atoms in total. The van der Waals surface area contributed by atoms with Gasteiger partial charge in [-0.1, -0.05) is 12.1 Å². The molecule has 10 heteroatoms. The molecule has 4 heterocycles. The number of fused-ring (bicyclic) bond motifs is 4. The van der Waals surface area contributed by atoms with E-state index in [9.17, 15) is 14.4 Å². The number of carbonyl (C=O) groups excluding carboxylic acids is 3. The molecule has 3 fully saturated rings. The summed E-state index contributed by atoms with van der Waals surface area (Å²) in [6.07, 6.45) is 2.02. The minimum Gasteiger partial charge on any atom is -0.451 e. The fourth-order valence-corrected chi connectivity index (χ4v) is 4.93. The van der Waals surface area contributed by atoms with E-state index in [-0.39, 0.29) is 18.0 Å². The van der Waals surface area contributed by atoms with Crippen LogP contribution in [0.1, 0.15) is 30.3 Å². The van der Waals surface area contributed by atoms with Crippen LogP contribution >= 0.6 is 0 Å². The molecule has 3 aromatic rings. The Balaban J connectivity index is 1.20. The maximum absolute atomic E-state index is 13.2. The molecule has 3 saturated heterocycles. The van der Waals surface area contributed by atoms with Crippen LogP contribution in [-0.4, -0.2) is 66.5 Å². The fraction of sp³-hybridized carbons (Fsp3) is 0.321. The van der Waals surface area contributed by atoms with Gasteiger partial charge in [-0.05, 0) is 68.3 Å². The summed E-state index contributed by atoms with van der Waals surface area (Å²) < 4.78 is 5.95. The average molecular weight is 517 g/mol. The zero-order chi connectivity index (χ0) is 26.5. The lowest BCUT2D eigenvalue weighted by Gasteiger charge is -2.30. The van der Waals surface area contributed by atoms with Crippen LogP contribution < -0.4 is 21.3 Å². The Morgan fingerprint density at radius 1 is 0.816 bits per heavy atom. The van der Waals surface area contributed by atoms with Gasteiger partial charge in [0.15, 0.2) is 5.76 Å². The number of furan rings is 1. The second-order valence-corrected chi connectivity index (χ2v) is 9.42. The van der Waals surface area contributed by atoms with Gasteiger partial charge < -0.3 is 35.5 Å². The Hall–Kier alpha value is -4.31. The lowest BCUT2D eigenvalue weighted by molar-refractivity contribution is 0.0653. The molecule has 3 aliphatic heterocycles. The van der Waals surface area contributed by atoms with Crippen LogP contribution in [0.5, 0.6) is 0 Å². The number of piperidine rings is 1. The first-order chi connectivity index (χ1) is 18.5. The van der Waals surface area contributed by atoms with Crippen molar-refractivity contribution in [1.82, 2.24) is 15.1 Å². The highest BCUT2D eigenvalue weighted by Gasteiger charge is 2.33. The van der Waals surface area contributed by atoms with Crippen LogP contribution in [0.2, 0.25) is 0 Å². The topological polar surface area (TPSA) is 119 Å². The van der Waals surface area contributed by atoms with Gasteiger partial charge in [0, 0.05) is 50.0 Å². The monoisotopic (exact) mass is 516 g/mol. The van der Waals surface area contributed by atoms with Gasteiger partial charge in [0.1, 0.15) is 5.76 Å². The summed E-state index contributed by atoms with van der Waals surface area (Å²) in [4.78, 5) is 42.0. The lowest BCUT2D eigenvalue weighted by Crippen LogP contribution is -2.41. The van der Waals surface area contributed by atoms with E-state index in [0.717, 1.165) is 44.6 Å². The summed E-state index contributed by atoms with van der Waals surface area (Å²) >= 11 is 0. The van der Waals surface area contributed by atoms with E-state index < -0.39 is 6.03 Å². The Morgan fingerprint density at radius 2 is 1.50 bits per heavy atom. The lowest BCUT2D eigenvalue weighted by atomic mass is 10.1. The van der Waals surface area contributed by atoms with Gasteiger partial charge in [-0.3, -0.25) is 4.79 Å². The Kier molecular flexibility index (Phi) is 7.60. The summed E-state index contributed by atoms with van der Waals surface area (Å²) in [5.41, 5.74) is 2.33. The zero-order valence-electron chi connectivity index (χ0n) is 21.3. The van der Waals surface area contributed by atoms with E-state index in [1.807, 2.05) is 24.0 Å². The summed E-state index contributed by atoms with van der Waals surface area (Å²) in [6.45, 7) is 6.06. The fourth-order valence-electron chi connectivity index (χ4n) is 4.93. The normalized spacial score (nSPS) is 18.4. The molecule has 38 heavy (non-hydrogen) atoms. The molecule has 2 bridgehead atoms. The summed E-state index contributed by atoms with van der Waals surface area (Å²) in [5, 5.41) is 10.9. The zero-order valence-corrected chi connectivity index (χ0v) is 21.3. The maximum Gasteiger partial charge on any atom is 0.323 e. The number of amides is 5. The number of anilines is 3. The standard InChI is InChI=1S/C28H32N6O4/c1-2-29-27(36)31-22-5-3-4-6-23(22)32-28(37)30-20-9-7-19(8-10-20)24-11-12-25(38-24)26(35)34-18-17-33-15-13-21(34)14-16-33/h3-12,21H,2,13-18H2,1H3,(H2,29,31,36)(H2,30,32,37). The largest absolute Gasteiger partial charge is 0.451 e. The first-order valence-electron chi connectivity index (χ1n) is 13.0. The van der Waals surface area contributed by atoms with E-state index in [1.165, 1.54) is 0 Å². The molecule has 0 atom stereocenters. The molecular weight excluding hydrogens is 484 g/mol. The van der Waals surface area contributed by atoms with Crippen molar-refractivity contribution < 1.29 is 18.8 Å². The third-order valence-electron chi connectivity index (χ3n) is 6.92. The third-order valence-corrected chi connectivity index (χ3v) is 6.92. The first-order valence-corrected chi connectivity index (χ1v) is 13.0. The second-order valence-electron chi connectivity index (χ2n) is 9.42. The summed E-state index contributed by atoms with van der Waals surface area (Å²) in [6, 6.07) is 17.2. The van der Waals surface area contributed by atoms with E-state index in [1.54, 1.807) is 48.5 Å². The van der Waals surface area contributed by atoms with E-state index >= 15 is 0 Å². The maximum atomic E-state index is 13.2. The second kappa shape index (κ2) is 11.4. The summed E-state index contributed by atoms with van der Waals surface area (Å²) in [5.74, 6) is 0.890. The van der Waals surface area contributed by atoms with Crippen LogP contribution in [0.25, 0.3) is 11.3 Å². The summed E-state index contributed by atoms with van der Waals surface area (Å²) in [7, 11) is 0. The minimum atomic E-state index is -0.447. The van der Waals surface area contributed by atoms with Crippen molar-refractivity contribution in [2.45, 2.75) is 25.8 Å². The van der Waals surface area contributed by atoms with E-state index in [0.29, 0.717) is 35.1 Å². The molecule has 0 spiro atoms. The molecule has 0 unspecified atom stereocenters. The van der Waals surface area contributed by atoms with Crippen LogP contribution in [0.4, 0.5) is 26.7 Å². The number of hydrogen-bond donors (Lipinski definition) is 4. The number of hydrogen-bond acceptors (Lipinski definition) is 5. The highest BCUT2D eigenvalue weighted by Crippen LogP contribution is 2.27. The highest BCUT2D eigenvalue weighted by atomic mass is 16.4. The van der Waals surface area contributed by atoms with Crippen molar-refractivity contribution in [2.75, 3.05) is 48.7 Å². The van der Waals surface area contributed by atoms with Crippen molar-refractivity contribution in [3.8, 4) is 11.3 Å². The van der Waals surface area contributed by atoms with Gasteiger partial charge in [-0.25, -0.2) is 9.59 Å². The molecule has 6 rings (SSSR count). The van der Waals surface area contributed by atoms with Crippen LogP contribution in [0.15, 0.2) is 65.1 Å². The number of rotatable bonds is 6. The predicted octanol–water partition coefficient (Wildman–Crippen LogP) is 4.65. The van der Waals surface area contributed by atoms with Gasteiger partial charge in [0.05, 0.1) is 11.4 Å². The molecular formula is C28H32N6O4. The predicted molar refractivity (Wildman–Crippen MR) is 146 cm³/mol. The van der Waals surface area contributed by atoms with Gasteiger partial charge >= 0.3 is 12.1 Å². The van der Waals surface area contributed by atoms with Gasteiger partial charge in [0.2, 0.25) is 0 Å². The molecule has 4 N–H and O–H groups in total. The van der Waals surface area contributed by atoms with Gasteiger partial charge in [0.25, 0.3) is 5.91 Å². The molecule has 198 valence electrons. The van der Waals surface area contributed by atoms with Crippen LogP contribution in [0.3, 0.4) is 0 Å². The number of benzene rings is 2. The molecule has 0 saturated carbocycles. The van der Waals surface area contributed by atoms with Gasteiger partial charge in [-0.2, -0.15) is 0 Å². The Bertz CT molecular complexity index is 1300. The average Bonchev–Trinajstić information content (AvgIpc) is 3.22. The quantitative estimate of drug-likeness (QED) is 0.380. The smallest absolute Gasteiger partial charge is 0.323 e. The molecule has 5 amide bonds. The number of para-hydroxylation sites is 2. The van der Waals surface area contributed by atoms with E-state index in [2.05, 4.69) is 26.2 Å². The molecule has 2 aromatic carbocycles. The van der Waals surface area contributed by atoms with Crippen molar-refractivity contribution in [1.29, 1.82) is 0 Å². The molecule has 1 aromatic heterocycles. The number of urea groups is 2. The Morgan fingerprint density at radius 3 is 2.18 bits per heavy atom. The van der Waals surface area contributed by atoms with Gasteiger partial charge in [-0.15, -0.1) is 0 Å². The van der Waals surface area contributed by atoms with Crippen molar-refractivity contribution in [3.63, 3.8) is 0 Å².